The second-order valence-corrected chi connectivity index (χ2v) is 2.24. The molecule has 58 valence electrons. The van der Waals surface area contributed by atoms with E-state index in [4.69, 9.17) is 0 Å². The summed E-state index contributed by atoms with van der Waals surface area (Å²) in [5, 5.41) is 0. The minimum Gasteiger partial charge on any atom is -0.327 e. The van der Waals surface area contributed by atoms with Gasteiger partial charge in [0.05, 0.1) is 5.70 Å². The Kier molecular flexibility index (Phi) is 2.49. The number of nitrogens with zero attached hydrogens (tertiary/aromatic N) is 2. The quantitative estimate of drug-likeness (QED) is 0.538. The molecule has 2 rings (SSSR count). The minimum absolute atomic E-state index is 0. The summed E-state index contributed by atoms with van der Waals surface area (Å²) >= 11 is 0. The zero-order chi connectivity index (χ0) is 6.81. The molecule has 2 heterocycles. The van der Waals surface area contributed by atoms with Crippen molar-refractivity contribution >= 4 is 18.6 Å². The molecule has 0 N–H and O–H groups in total. The molecule has 3 heteroatoms. The van der Waals surface area contributed by atoms with Crippen LogP contribution in [0.15, 0.2) is 41.2 Å². The molecule has 0 aliphatic carbocycles. The van der Waals surface area contributed by atoms with Gasteiger partial charge >= 0.3 is 0 Å². The summed E-state index contributed by atoms with van der Waals surface area (Å²) in [7, 11) is 0. The first kappa shape index (κ1) is 8.08. The van der Waals surface area contributed by atoms with Crippen molar-refractivity contribution in [3.63, 3.8) is 0 Å². The molecule has 0 radical (unpaired) electrons. The summed E-state index contributed by atoms with van der Waals surface area (Å²) in [6.07, 6.45) is 12.0. The SMILES string of the molecule is C1=CC=C2C=NCN2C=C1.Cl. The van der Waals surface area contributed by atoms with Gasteiger partial charge in [-0.3, -0.25) is 4.99 Å². The van der Waals surface area contributed by atoms with E-state index < -0.39 is 0 Å². The molecule has 0 bridgehead atoms. The second kappa shape index (κ2) is 3.39. The van der Waals surface area contributed by atoms with Crippen LogP contribution in [0.4, 0.5) is 0 Å². The molecule has 0 aromatic rings. The highest BCUT2D eigenvalue weighted by Crippen LogP contribution is 2.11. The number of halogens is 1. The Labute approximate surface area is 72.0 Å². The van der Waals surface area contributed by atoms with E-state index in [1.807, 2.05) is 30.6 Å². The van der Waals surface area contributed by atoms with Crippen molar-refractivity contribution in [3.05, 3.63) is 36.2 Å². The molecule has 0 aromatic carbocycles. The number of rotatable bonds is 0. The first-order valence-corrected chi connectivity index (χ1v) is 3.28. The van der Waals surface area contributed by atoms with E-state index in [0.717, 1.165) is 6.67 Å². The number of aliphatic imine (C=N–C) groups is 1. The van der Waals surface area contributed by atoms with Crippen LogP contribution >= 0.6 is 12.4 Å². The molecule has 0 atom stereocenters. The van der Waals surface area contributed by atoms with Gasteiger partial charge in [0.2, 0.25) is 0 Å². The molecule has 0 saturated heterocycles. The topological polar surface area (TPSA) is 15.6 Å². The zero-order valence-electron chi connectivity index (χ0n) is 5.97. The average molecular weight is 169 g/mol. The van der Waals surface area contributed by atoms with Gasteiger partial charge in [0.1, 0.15) is 6.67 Å². The van der Waals surface area contributed by atoms with E-state index in [0.29, 0.717) is 0 Å². The Balaban J connectivity index is 0.000000605. The van der Waals surface area contributed by atoms with Crippen molar-refractivity contribution in [1.29, 1.82) is 0 Å². The van der Waals surface area contributed by atoms with Gasteiger partial charge in [-0.25, -0.2) is 0 Å². The second-order valence-electron chi connectivity index (χ2n) is 2.24. The van der Waals surface area contributed by atoms with Crippen molar-refractivity contribution in [2.75, 3.05) is 6.67 Å². The van der Waals surface area contributed by atoms with Crippen LogP contribution in [-0.2, 0) is 0 Å². The van der Waals surface area contributed by atoms with E-state index in [1.165, 1.54) is 5.70 Å². The Morgan fingerprint density at radius 1 is 1.27 bits per heavy atom. The van der Waals surface area contributed by atoms with Gasteiger partial charge in [0.25, 0.3) is 0 Å². The smallest absolute Gasteiger partial charge is 0.114 e. The Morgan fingerprint density at radius 3 is 3.09 bits per heavy atom. The summed E-state index contributed by atoms with van der Waals surface area (Å²) in [6, 6.07) is 0. The lowest BCUT2D eigenvalue weighted by atomic mass is 10.4. The normalized spacial score (nSPS) is 18.9. The highest BCUT2D eigenvalue weighted by molar-refractivity contribution is 5.85. The van der Waals surface area contributed by atoms with Crippen molar-refractivity contribution in [2.24, 2.45) is 4.99 Å². The maximum absolute atomic E-state index is 4.12. The summed E-state index contributed by atoms with van der Waals surface area (Å²) in [6.45, 7) is 0.768. The van der Waals surface area contributed by atoms with Crippen molar-refractivity contribution in [1.82, 2.24) is 4.90 Å². The third-order valence-electron chi connectivity index (χ3n) is 1.54. The van der Waals surface area contributed by atoms with E-state index >= 15 is 0 Å². The van der Waals surface area contributed by atoms with Crippen LogP contribution in [0.1, 0.15) is 0 Å². The first-order valence-electron chi connectivity index (χ1n) is 3.28. The van der Waals surface area contributed by atoms with E-state index in [1.54, 1.807) is 0 Å². The highest BCUT2D eigenvalue weighted by atomic mass is 35.5. The van der Waals surface area contributed by atoms with E-state index in [9.17, 15) is 0 Å². The van der Waals surface area contributed by atoms with Crippen LogP contribution in [-0.4, -0.2) is 17.8 Å². The Morgan fingerprint density at radius 2 is 2.18 bits per heavy atom. The fourth-order valence-corrected chi connectivity index (χ4v) is 1.02. The predicted molar refractivity (Wildman–Crippen MR) is 48.8 cm³/mol. The van der Waals surface area contributed by atoms with Gasteiger partial charge in [0.15, 0.2) is 0 Å². The number of hydrogen-bond acceptors (Lipinski definition) is 2. The lowest BCUT2D eigenvalue weighted by Crippen LogP contribution is -2.09. The molecular formula is C8H9ClN2. The van der Waals surface area contributed by atoms with Gasteiger partial charge in [-0.2, -0.15) is 0 Å². The van der Waals surface area contributed by atoms with Crippen molar-refractivity contribution in [3.8, 4) is 0 Å². The molecule has 11 heavy (non-hydrogen) atoms. The standard InChI is InChI=1S/C8H8N2.ClH/c1-2-4-8-6-9-7-10(8)5-3-1;/h1-6H,7H2;1H. The fraction of sp³-hybridized carbons (Fsp3) is 0.125. The highest BCUT2D eigenvalue weighted by Gasteiger charge is 2.08. The Bertz CT molecular complexity index is 251. The predicted octanol–water partition coefficient (Wildman–Crippen LogP) is 1.72. The van der Waals surface area contributed by atoms with Crippen molar-refractivity contribution < 1.29 is 0 Å². The summed E-state index contributed by atoms with van der Waals surface area (Å²) in [4.78, 5) is 6.21. The number of hydrogen-bond donors (Lipinski definition) is 0. The van der Waals surface area contributed by atoms with Crippen LogP contribution in [0.25, 0.3) is 0 Å². The van der Waals surface area contributed by atoms with E-state index in [-0.39, 0.29) is 12.4 Å². The monoisotopic (exact) mass is 168 g/mol. The lowest BCUT2D eigenvalue weighted by Gasteiger charge is -2.09. The molecule has 0 fully saturated rings. The minimum atomic E-state index is 0. The van der Waals surface area contributed by atoms with Crippen LogP contribution in [0.2, 0.25) is 0 Å². The van der Waals surface area contributed by atoms with Gasteiger partial charge in [-0.15, -0.1) is 12.4 Å². The number of allylic oxidation sites excluding steroid dienone is 5. The van der Waals surface area contributed by atoms with Gasteiger partial charge in [-0.05, 0) is 12.2 Å². The number of fused-ring (bicyclic) bond motifs is 1. The molecule has 0 saturated carbocycles. The molecule has 0 aromatic heterocycles. The fourth-order valence-electron chi connectivity index (χ4n) is 1.02. The van der Waals surface area contributed by atoms with Gasteiger partial charge in [0, 0.05) is 12.4 Å². The molecule has 2 aliphatic heterocycles. The molecule has 0 unspecified atom stereocenters. The van der Waals surface area contributed by atoms with Crippen LogP contribution in [0, 0.1) is 0 Å². The maximum Gasteiger partial charge on any atom is 0.114 e. The lowest BCUT2D eigenvalue weighted by molar-refractivity contribution is 0.531. The third-order valence-corrected chi connectivity index (χ3v) is 1.54. The molecule has 2 aliphatic rings. The summed E-state index contributed by atoms with van der Waals surface area (Å²) in [5.41, 5.74) is 1.17. The summed E-state index contributed by atoms with van der Waals surface area (Å²) in [5.74, 6) is 0. The summed E-state index contributed by atoms with van der Waals surface area (Å²) < 4.78 is 0. The largest absolute Gasteiger partial charge is 0.327 e. The first-order chi connectivity index (χ1) is 4.97. The van der Waals surface area contributed by atoms with Crippen LogP contribution in [0.3, 0.4) is 0 Å². The molecular weight excluding hydrogens is 160 g/mol. The van der Waals surface area contributed by atoms with Crippen LogP contribution < -0.4 is 0 Å². The zero-order valence-corrected chi connectivity index (χ0v) is 6.79. The van der Waals surface area contributed by atoms with Gasteiger partial charge in [-0.1, -0.05) is 12.2 Å². The van der Waals surface area contributed by atoms with Crippen molar-refractivity contribution in [2.45, 2.75) is 0 Å². The average Bonchev–Trinajstić information content (AvgIpc) is 2.28. The molecule has 0 spiro atoms. The molecule has 2 nitrogen and oxygen atoms in total. The molecule has 0 amide bonds. The maximum atomic E-state index is 4.12. The Hall–Kier alpha value is -1.02. The van der Waals surface area contributed by atoms with Crippen LogP contribution in [0.5, 0.6) is 0 Å². The van der Waals surface area contributed by atoms with Gasteiger partial charge < -0.3 is 4.90 Å². The third kappa shape index (κ3) is 1.52. The van der Waals surface area contributed by atoms with E-state index in [2.05, 4.69) is 16.0 Å².